The number of furan rings is 1. The van der Waals surface area contributed by atoms with Crippen molar-refractivity contribution in [2.45, 2.75) is 0 Å². The van der Waals surface area contributed by atoms with Crippen molar-refractivity contribution < 1.29 is 9.90 Å². The zero-order chi connectivity index (χ0) is 35.1. The van der Waals surface area contributed by atoms with Crippen LogP contribution in [0.4, 0.5) is 17.1 Å². The second-order valence-corrected chi connectivity index (χ2v) is 12.2. The third-order valence-corrected chi connectivity index (χ3v) is 9.48. The molecular formula is C46H29NO. The zero-order valence-corrected chi connectivity index (χ0v) is 25.8. The van der Waals surface area contributed by atoms with E-state index in [1.807, 2.05) is 114 Å². The lowest BCUT2D eigenvalue weighted by molar-refractivity contribution is 0.672. The molecule has 0 radical (unpaired) electrons. The van der Waals surface area contributed by atoms with Crippen molar-refractivity contribution in [1.29, 1.82) is 0 Å². The van der Waals surface area contributed by atoms with Gasteiger partial charge in [0, 0.05) is 21.8 Å². The van der Waals surface area contributed by atoms with E-state index in [0.29, 0.717) is 16.8 Å². The summed E-state index contributed by atoms with van der Waals surface area (Å²) in [5.41, 5.74) is 3.95. The van der Waals surface area contributed by atoms with Crippen LogP contribution in [0.3, 0.4) is 0 Å². The van der Waals surface area contributed by atoms with E-state index in [0.717, 1.165) is 65.1 Å². The topological polar surface area (TPSA) is 16.4 Å². The molecule has 48 heavy (non-hydrogen) atoms. The van der Waals surface area contributed by atoms with Gasteiger partial charge in [0.1, 0.15) is 11.2 Å². The average Bonchev–Trinajstić information content (AvgIpc) is 3.58. The molecule has 0 aliphatic rings. The molecule has 0 bridgehead atoms. The molecule has 10 rings (SSSR count). The largest absolute Gasteiger partial charge is 0.455 e. The van der Waals surface area contributed by atoms with Gasteiger partial charge in [-0.15, -0.1) is 0 Å². The predicted molar refractivity (Wildman–Crippen MR) is 204 cm³/mol. The van der Waals surface area contributed by atoms with Crippen LogP contribution in [-0.4, -0.2) is 0 Å². The van der Waals surface area contributed by atoms with Crippen molar-refractivity contribution in [3.05, 3.63) is 176 Å². The number of benzene rings is 9. The summed E-state index contributed by atoms with van der Waals surface area (Å²) in [6.45, 7) is 0. The van der Waals surface area contributed by atoms with E-state index in [4.69, 9.17) is 4.42 Å². The number of nitrogens with zero attached hydrogens (tertiary/aromatic N) is 1. The molecular weight excluding hydrogens is 583 g/mol. The van der Waals surface area contributed by atoms with E-state index in [1.54, 1.807) is 0 Å². The minimum absolute atomic E-state index is 0.100. The van der Waals surface area contributed by atoms with Crippen molar-refractivity contribution in [3.8, 4) is 11.1 Å². The van der Waals surface area contributed by atoms with Crippen LogP contribution in [0.1, 0.15) is 5.48 Å². The first-order valence-corrected chi connectivity index (χ1v) is 16.1. The maximum atomic E-state index is 9.62. The van der Waals surface area contributed by atoms with Gasteiger partial charge in [0.25, 0.3) is 0 Å². The molecule has 0 aliphatic carbocycles. The Morgan fingerprint density at radius 1 is 0.417 bits per heavy atom. The van der Waals surface area contributed by atoms with Gasteiger partial charge in [0.15, 0.2) is 0 Å². The molecule has 1 aromatic heterocycles. The maximum absolute atomic E-state index is 9.62. The van der Waals surface area contributed by atoms with Gasteiger partial charge in [-0.1, -0.05) is 133 Å². The Morgan fingerprint density at radius 3 is 1.83 bits per heavy atom. The van der Waals surface area contributed by atoms with Crippen LogP contribution in [0.2, 0.25) is 0 Å². The van der Waals surface area contributed by atoms with Crippen molar-refractivity contribution in [2.24, 2.45) is 0 Å². The summed E-state index contributed by atoms with van der Waals surface area (Å²) < 4.78 is 44.7. The summed E-state index contributed by atoms with van der Waals surface area (Å²) >= 11 is 0. The molecule has 0 unspecified atom stereocenters. The molecule has 0 fully saturated rings. The first kappa shape index (κ1) is 23.0. The van der Waals surface area contributed by atoms with E-state index in [9.17, 15) is 5.48 Å². The molecule has 2 heteroatoms. The van der Waals surface area contributed by atoms with Crippen LogP contribution >= 0.6 is 0 Å². The number of rotatable bonds is 4. The highest BCUT2D eigenvalue weighted by Crippen LogP contribution is 2.46. The van der Waals surface area contributed by atoms with Gasteiger partial charge in [-0.25, -0.2) is 0 Å². The van der Waals surface area contributed by atoms with Gasteiger partial charge < -0.3 is 9.32 Å². The van der Waals surface area contributed by atoms with Gasteiger partial charge in [-0.3, -0.25) is 0 Å². The molecule has 0 saturated carbocycles. The van der Waals surface area contributed by atoms with E-state index < -0.39 is 0 Å². The smallest absolute Gasteiger partial charge is 0.143 e. The fraction of sp³-hybridized carbons (Fsp3) is 0. The summed E-state index contributed by atoms with van der Waals surface area (Å²) in [5.74, 6) is 0. The molecule has 0 saturated heterocycles. The minimum Gasteiger partial charge on any atom is -0.455 e. The summed E-state index contributed by atoms with van der Waals surface area (Å²) in [6.07, 6.45) is 0. The average molecular weight is 616 g/mol. The van der Waals surface area contributed by atoms with Crippen LogP contribution in [0.15, 0.2) is 180 Å². The Morgan fingerprint density at radius 2 is 1.00 bits per heavy atom. The van der Waals surface area contributed by atoms with Gasteiger partial charge in [0.05, 0.1) is 22.2 Å². The highest BCUT2D eigenvalue weighted by Gasteiger charge is 2.21. The lowest BCUT2D eigenvalue weighted by atomic mass is 9.97. The van der Waals surface area contributed by atoms with Gasteiger partial charge >= 0.3 is 0 Å². The monoisotopic (exact) mass is 615 g/mol. The maximum Gasteiger partial charge on any atom is 0.143 e. The molecule has 0 N–H and O–H groups in total. The Balaban J connectivity index is 1.26. The molecule has 10 aromatic rings. The third kappa shape index (κ3) is 4.13. The Bertz CT molecular complexity index is 3060. The highest BCUT2D eigenvalue weighted by atomic mass is 16.3. The first-order valence-electron chi connectivity index (χ1n) is 18.1. The van der Waals surface area contributed by atoms with E-state index in [1.165, 1.54) is 0 Å². The Hall–Kier alpha value is -6.38. The molecule has 2 nitrogen and oxygen atoms in total. The molecule has 0 atom stereocenters. The molecule has 1 heterocycles. The van der Waals surface area contributed by atoms with Crippen LogP contribution in [0, 0.1) is 0 Å². The number of hydrogen-bond acceptors (Lipinski definition) is 2. The van der Waals surface area contributed by atoms with Crippen LogP contribution < -0.4 is 4.90 Å². The van der Waals surface area contributed by atoms with Crippen molar-refractivity contribution in [3.63, 3.8) is 0 Å². The predicted octanol–water partition coefficient (Wildman–Crippen LogP) is 13.3. The molecule has 0 aliphatic heterocycles. The zero-order valence-electron chi connectivity index (χ0n) is 29.8. The van der Waals surface area contributed by atoms with Crippen molar-refractivity contribution in [2.75, 3.05) is 4.90 Å². The van der Waals surface area contributed by atoms with E-state index in [2.05, 4.69) is 42.5 Å². The van der Waals surface area contributed by atoms with Gasteiger partial charge in [0.2, 0.25) is 0 Å². The van der Waals surface area contributed by atoms with Crippen molar-refractivity contribution in [1.82, 2.24) is 0 Å². The summed E-state index contributed by atoms with van der Waals surface area (Å²) in [7, 11) is 0. The Kier molecular flexibility index (Phi) is 5.08. The third-order valence-electron chi connectivity index (χ3n) is 9.48. The number of anilines is 3. The standard InChI is InChI=1S/C46H29NO/c1-4-13-37-32(10-1)19-20-35-29-34(24-27-38(35)37)30-21-25-36(26-22-30)47(42-16-7-12-31-9-2-5-14-39(31)42)43-17-8-18-44-45(43)41-28-23-33-11-3-6-15-40(33)46(41)48-44/h1-29H/i21D,22D,25D,26D. The normalized spacial score (nSPS) is 12.9. The van der Waals surface area contributed by atoms with Crippen molar-refractivity contribution >= 4 is 82.1 Å². The second kappa shape index (κ2) is 10.6. The lowest BCUT2D eigenvalue weighted by Crippen LogP contribution is -2.10. The quantitative estimate of drug-likeness (QED) is 0.183. The Labute approximate surface area is 283 Å². The lowest BCUT2D eigenvalue weighted by Gasteiger charge is -2.27. The number of fused-ring (bicyclic) bond motifs is 9. The molecule has 0 amide bonds. The molecule has 0 spiro atoms. The van der Waals surface area contributed by atoms with E-state index in [-0.39, 0.29) is 35.4 Å². The molecule has 9 aromatic carbocycles. The van der Waals surface area contributed by atoms with Gasteiger partial charge in [-0.2, -0.15) is 0 Å². The van der Waals surface area contributed by atoms with Crippen LogP contribution in [0.5, 0.6) is 0 Å². The van der Waals surface area contributed by atoms with Crippen LogP contribution in [-0.2, 0) is 0 Å². The SMILES string of the molecule is [2H]c1c([2H])c(N(c2cccc3ccccc23)c2cccc3oc4c5ccccc5ccc4c23)c([2H])c([2H])c1-c1ccc2c(ccc3ccccc32)c1. The first-order chi connectivity index (χ1) is 25.5. The number of hydrogen-bond donors (Lipinski definition) is 0. The van der Waals surface area contributed by atoms with Gasteiger partial charge in [-0.05, 0) is 85.9 Å². The summed E-state index contributed by atoms with van der Waals surface area (Å²) in [6, 6.07) is 49.9. The fourth-order valence-corrected chi connectivity index (χ4v) is 7.23. The van der Waals surface area contributed by atoms with E-state index >= 15 is 0 Å². The van der Waals surface area contributed by atoms with Crippen LogP contribution in [0.25, 0.3) is 76.2 Å². The highest BCUT2D eigenvalue weighted by molar-refractivity contribution is 6.20. The second-order valence-electron chi connectivity index (χ2n) is 12.2. The summed E-state index contributed by atoms with van der Waals surface area (Å²) in [5, 5.41) is 10.0. The minimum atomic E-state index is -0.127. The summed E-state index contributed by atoms with van der Waals surface area (Å²) in [4.78, 5) is 1.89. The fourth-order valence-electron chi connectivity index (χ4n) is 7.23. The molecule has 224 valence electrons.